The molecule has 2 heterocycles. The van der Waals surface area contributed by atoms with Crippen LogP contribution >= 0.6 is 0 Å². The lowest BCUT2D eigenvalue weighted by Crippen LogP contribution is -2.07. The fourth-order valence-corrected chi connectivity index (χ4v) is 1.70. The number of aromatic nitrogens is 4. The average Bonchev–Trinajstić information content (AvgIpc) is 2.73. The first-order chi connectivity index (χ1) is 8.00. The summed E-state index contributed by atoms with van der Waals surface area (Å²) in [7, 11) is 0. The molecule has 0 radical (unpaired) electrons. The maximum Gasteiger partial charge on any atom is 0.339 e. The van der Waals surface area contributed by atoms with E-state index < -0.39 is 5.97 Å². The van der Waals surface area contributed by atoms with Crippen molar-refractivity contribution in [3.8, 4) is 0 Å². The second-order valence-electron chi connectivity index (χ2n) is 3.80. The maximum atomic E-state index is 11.0. The Hall–Kier alpha value is -2.18. The molecule has 0 aliphatic rings. The molecular formula is C10H12N4O3. The molecule has 2 aromatic heterocycles. The predicted molar refractivity (Wildman–Crippen MR) is 56.8 cm³/mol. The standard InChI is InChI=1S/C10H12N4O3/c1-5-8(13-17-12-5)4-14-7(3)9(10(15)16)6(2)11-14/h4H2,1-3H3,(H,15,16). The molecular weight excluding hydrogens is 224 g/mol. The fraction of sp³-hybridized carbons (Fsp3) is 0.400. The minimum absolute atomic E-state index is 0.235. The van der Waals surface area contributed by atoms with E-state index in [4.69, 9.17) is 5.11 Å². The van der Waals surface area contributed by atoms with Crippen molar-refractivity contribution in [1.29, 1.82) is 0 Å². The zero-order chi connectivity index (χ0) is 12.6. The molecule has 2 rings (SSSR count). The molecule has 0 saturated heterocycles. The van der Waals surface area contributed by atoms with Crippen LogP contribution in [0.1, 0.15) is 33.1 Å². The quantitative estimate of drug-likeness (QED) is 0.852. The van der Waals surface area contributed by atoms with E-state index in [1.54, 1.807) is 25.5 Å². The van der Waals surface area contributed by atoms with E-state index in [2.05, 4.69) is 20.0 Å². The van der Waals surface area contributed by atoms with Crippen LogP contribution in [0.2, 0.25) is 0 Å². The molecule has 0 atom stereocenters. The number of aryl methyl sites for hydroxylation is 2. The number of carboxylic acid groups (broad SMARTS) is 1. The van der Waals surface area contributed by atoms with Crippen LogP contribution in [-0.2, 0) is 6.54 Å². The first-order valence-electron chi connectivity index (χ1n) is 5.06. The highest BCUT2D eigenvalue weighted by Gasteiger charge is 2.18. The van der Waals surface area contributed by atoms with Gasteiger partial charge in [0, 0.05) is 0 Å². The molecule has 2 aromatic rings. The third-order valence-corrected chi connectivity index (χ3v) is 2.64. The number of hydrogen-bond donors (Lipinski definition) is 1. The van der Waals surface area contributed by atoms with Gasteiger partial charge in [0.2, 0.25) is 0 Å². The summed E-state index contributed by atoms with van der Waals surface area (Å²) in [6.07, 6.45) is 0. The van der Waals surface area contributed by atoms with Crippen molar-refractivity contribution < 1.29 is 14.5 Å². The van der Waals surface area contributed by atoms with Crippen molar-refractivity contribution >= 4 is 5.97 Å². The van der Waals surface area contributed by atoms with Gasteiger partial charge in [-0.3, -0.25) is 4.68 Å². The minimum Gasteiger partial charge on any atom is -0.478 e. The van der Waals surface area contributed by atoms with Crippen LogP contribution < -0.4 is 0 Å². The molecule has 0 aliphatic carbocycles. The second kappa shape index (κ2) is 4.00. The number of nitrogens with zero attached hydrogens (tertiary/aromatic N) is 4. The minimum atomic E-state index is -0.971. The van der Waals surface area contributed by atoms with Gasteiger partial charge in [0.25, 0.3) is 0 Å². The van der Waals surface area contributed by atoms with Gasteiger partial charge in [-0.2, -0.15) is 5.10 Å². The average molecular weight is 236 g/mol. The van der Waals surface area contributed by atoms with Gasteiger partial charge in [0.05, 0.1) is 17.9 Å². The summed E-state index contributed by atoms with van der Waals surface area (Å²) in [4.78, 5) is 11.0. The van der Waals surface area contributed by atoms with Crippen LogP contribution in [0.3, 0.4) is 0 Å². The van der Waals surface area contributed by atoms with E-state index in [0.29, 0.717) is 29.3 Å². The Morgan fingerprint density at radius 1 is 1.29 bits per heavy atom. The van der Waals surface area contributed by atoms with Crippen LogP contribution in [0.5, 0.6) is 0 Å². The predicted octanol–water partition coefficient (Wildman–Crippen LogP) is 0.938. The Balaban J connectivity index is 2.38. The molecule has 17 heavy (non-hydrogen) atoms. The fourth-order valence-electron chi connectivity index (χ4n) is 1.70. The molecule has 0 bridgehead atoms. The molecule has 0 unspecified atom stereocenters. The van der Waals surface area contributed by atoms with E-state index in [9.17, 15) is 4.79 Å². The molecule has 7 nitrogen and oxygen atoms in total. The number of aromatic carboxylic acids is 1. The Morgan fingerprint density at radius 2 is 2.00 bits per heavy atom. The van der Waals surface area contributed by atoms with E-state index in [0.717, 1.165) is 0 Å². The summed E-state index contributed by atoms with van der Waals surface area (Å²) >= 11 is 0. The van der Waals surface area contributed by atoms with Crippen molar-refractivity contribution in [2.24, 2.45) is 0 Å². The monoisotopic (exact) mass is 236 g/mol. The number of rotatable bonds is 3. The molecule has 0 amide bonds. The summed E-state index contributed by atoms with van der Waals surface area (Å²) in [6, 6.07) is 0. The zero-order valence-corrected chi connectivity index (χ0v) is 9.76. The van der Waals surface area contributed by atoms with Gasteiger partial charge in [0.1, 0.15) is 17.0 Å². The highest BCUT2D eigenvalue weighted by Crippen LogP contribution is 2.14. The molecule has 0 aliphatic heterocycles. The topological polar surface area (TPSA) is 94.0 Å². The lowest BCUT2D eigenvalue weighted by Gasteiger charge is -2.01. The molecule has 0 spiro atoms. The van der Waals surface area contributed by atoms with Crippen molar-refractivity contribution in [2.75, 3.05) is 0 Å². The van der Waals surface area contributed by atoms with Gasteiger partial charge in [0.15, 0.2) is 0 Å². The first kappa shape index (κ1) is 11.3. The summed E-state index contributed by atoms with van der Waals surface area (Å²) in [6.45, 7) is 5.51. The molecule has 7 heteroatoms. The van der Waals surface area contributed by atoms with E-state index in [1.807, 2.05) is 0 Å². The Morgan fingerprint density at radius 3 is 2.47 bits per heavy atom. The number of carbonyl (C=O) groups is 1. The third-order valence-electron chi connectivity index (χ3n) is 2.64. The Labute approximate surface area is 97.0 Å². The SMILES string of the molecule is Cc1nonc1Cn1nc(C)c(C(=O)O)c1C. The molecule has 90 valence electrons. The van der Waals surface area contributed by atoms with E-state index >= 15 is 0 Å². The van der Waals surface area contributed by atoms with Gasteiger partial charge in [-0.1, -0.05) is 10.3 Å². The molecule has 0 saturated carbocycles. The highest BCUT2D eigenvalue weighted by molar-refractivity contribution is 5.90. The van der Waals surface area contributed by atoms with Crippen molar-refractivity contribution in [2.45, 2.75) is 27.3 Å². The van der Waals surface area contributed by atoms with Gasteiger partial charge < -0.3 is 5.11 Å². The van der Waals surface area contributed by atoms with Gasteiger partial charge in [-0.25, -0.2) is 9.42 Å². The van der Waals surface area contributed by atoms with Crippen LogP contribution in [0.4, 0.5) is 0 Å². The lowest BCUT2D eigenvalue weighted by molar-refractivity contribution is 0.0695. The van der Waals surface area contributed by atoms with Crippen molar-refractivity contribution in [1.82, 2.24) is 20.1 Å². The summed E-state index contributed by atoms with van der Waals surface area (Å²) in [5, 5.41) is 20.6. The van der Waals surface area contributed by atoms with Gasteiger partial charge in [-0.15, -0.1) is 0 Å². The van der Waals surface area contributed by atoms with Crippen molar-refractivity contribution in [3.63, 3.8) is 0 Å². The van der Waals surface area contributed by atoms with Gasteiger partial charge >= 0.3 is 5.97 Å². The Bertz CT molecular complexity index is 570. The van der Waals surface area contributed by atoms with Crippen LogP contribution in [-0.4, -0.2) is 31.2 Å². The van der Waals surface area contributed by atoms with E-state index in [-0.39, 0.29) is 5.56 Å². The van der Waals surface area contributed by atoms with Gasteiger partial charge in [-0.05, 0) is 20.8 Å². The van der Waals surface area contributed by atoms with E-state index in [1.165, 1.54) is 0 Å². The molecule has 0 fully saturated rings. The van der Waals surface area contributed by atoms with Crippen LogP contribution in [0.15, 0.2) is 4.63 Å². The number of carboxylic acids is 1. The zero-order valence-electron chi connectivity index (χ0n) is 9.76. The normalized spacial score (nSPS) is 10.8. The number of hydrogen-bond acceptors (Lipinski definition) is 5. The lowest BCUT2D eigenvalue weighted by atomic mass is 10.2. The maximum absolute atomic E-state index is 11.0. The highest BCUT2D eigenvalue weighted by atomic mass is 16.6. The second-order valence-corrected chi connectivity index (χ2v) is 3.80. The first-order valence-corrected chi connectivity index (χ1v) is 5.06. The van der Waals surface area contributed by atoms with Crippen LogP contribution in [0, 0.1) is 20.8 Å². The Kier molecular flexibility index (Phi) is 2.66. The third kappa shape index (κ3) is 1.91. The van der Waals surface area contributed by atoms with Crippen molar-refractivity contribution in [3.05, 3.63) is 28.3 Å². The van der Waals surface area contributed by atoms with Crippen LogP contribution in [0.25, 0.3) is 0 Å². The summed E-state index contributed by atoms with van der Waals surface area (Å²) < 4.78 is 6.17. The summed E-state index contributed by atoms with van der Waals surface area (Å²) in [5.74, 6) is -0.971. The largest absolute Gasteiger partial charge is 0.478 e. The smallest absolute Gasteiger partial charge is 0.339 e. The molecule has 0 aromatic carbocycles. The summed E-state index contributed by atoms with van der Waals surface area (Å²) in [5.41, 5.74) is 2.64. The molecule has 1 N–H and O–H groups in total.